The van der Waals surface area contributed by atoms with Crippen molar-refractivity contribution in [2.45, 2.75) is 17.9 Å². The van der Waals surface area contributed by atoms with Crippen molar-refractivity contribution in [1.82, 2.24) is 4.98 Å². The first-order valence-electron chi connectivity index (χ1n) is 6.44. The third-order valence-corrected chi connectivity index (χ3v) is 4.26. The Labute approximate surface area is 128 Å². The molecule has 0 radical (unpaired) electrons. The zero-order chi connectivity index (χ0) is 16.3. The number of nitrogens with one attached hydrogen (secondary N) is 1. The maximum Gasteiger partial charge on any atom is 0.287 e. The van der Waals surface area contributed by atoms with E-state index in [-0.39, 0.29) is 16.6 Å². The van der Waals surface area contributed by atoms with Crippen molar-refractivity contribution in [3.05, 3.63) is 58.3 Å². The van der Waals surface area contributed by atoms with E-state index >= 15 is 0 Å². The molecule has 1 N–H and O–H groups in total. The maximum atomic E-state index is 11.4. The summed E-state index contributed by atoms with van der Waals surface area (Å²) in [5.41, 5.74) is 0.809. The minimum Gasteiger partial charge on any atom is -0.364 e. The van der Waals surface area contributed by atoms with Crippen molar-refractivity contribution >= 4 is 21.3 Å². The highest BCUT2D eigenvalue weighted by atomic mass is 32.2. The highest BCUT2D eigenvalue weighted by molar-refractivity contribution is 7.90. The zero-order valence-corrected chi connectivity index (χ0v) is 12.9. The Kier molecular flexibility index (Phi) is 4.41. The van der Waals surface area contributed by atoms with E-state index in [1.807, 2.05) is 6.92 Å². The Morgan fingerprint density at radius 3 is 2.27 bits per heavy atom. The van der Waals surface area contributed by atoms with E-state index in [2.05, 4.69) is 10.3 Å². The summed E-state index contributed by atoms with van der Waals surface area (Å²) in [5.74, 6) is 0.505. The van der Waals surface area contributed by atoms with E-state index in [9.17, 15) is 18.5 Å². The molecule has 8 heteroatoms. The molecule has 0 saturated heterocycles. The smallest absolute Gasteiger partial charge is 0.287 e. The van der Waals surface area contributed by atoms with Gasteiger partial charge in [-0.15, -0.1) is 0 Å². The number of rotatable bonds is 5. The number of benzene rings is 1. The summed E-state index contributed by atoms with van der Waals surface area (Å²) in [6.07, 6.45) is 2.34. The number of sulfone groups is 1. The van der Waals surface area contributed by atoms with E-state index in [1.54, 1.807) is 24.3 Å². The van der Waals surface area contributed by atoms with Gasteiger partial charge in [-0.3, -0.25) is 10.1 Å². The highest BCUT2D eigenvalue weighted by Crippen LogP contribution is 2.21. The fourth-order valence-electron chi connectivity index (χ4n) is 1.89. The Morgan fingerprint density at radius 2 is 1.82 bits per heavy atom. The molecule has 0 saturated carbocycles. The Hall–Kier alpha value is -2.48. The van der Waals surface area contributed by atoms with E-state index < -0.39 is 14.8 Å². The number of hydrogen-bond donors (Lipinski definition) is 1. The Bertz CT molecular complexity index is 771. The van der Waals surface area contributed by atoms with Crippen LogP contribution in [0.2, 0.25) is 0 Å². The first-order chi connectivity index (χ1) is 10.3. The van der Waals surface area contributed by atoms with Crippen LogP contribution < -0.4 is 5.32 Å². The number of nitro groups is 1. The Morgan fingerprint density at radius 1 is 1.18 bits per heavy atom. The lowest BCUT2D eigenvalue weighted by Gasteiger charge is -2.15. The zero-order valence-electron chi connectivity index (χ0n) is 12.1. The van der Waals surface area contributed by atoms with Crippen LogP contribution >= 0.6 is 0 Å². The van der Waals surface area contributed by atoms with E-state index in [0.29, 0.717) is 5.82 Å². The molecule has 22 heavy (non-hydrogen) atoms. The van der Waals surface area contributed by atoms with Crippen molar-refractivity contribution in [3.63, 3.8) is 0 Å². The molecule has 7 nitrogen and oxygen atoms in total. The van der Waals surface area contributed by atoms with Crippen molar-refractivity contribution in [2.24, 2.45) is 0 Å². The number of aromatic nitrogens is 1. The topological polar surface area (TPSA) is 102 Å². The molecule has 2 aromatic rings. The van der Waals surface area contributed by atoms with Crippen LogP contribution in [0.15, 0.2) is 47.5 Å². The van der Waals surface area contributed by atoms with Crippen LogP contribution in [0.25, 0.3) is 0 Å². The molecule has 0 spiro atoms. The number of hydrogen-bond acceptors (Lipinski definition) is 6. The molecule has 0 fully saturated rings. The van der Waals surface area contributed by atoms with Crippen LogP contribution in [-0.2, 0) is 9.84 Å². The molecule has 0 unspecified atom stereocenters. The molecule has 0 aliphatic rings. The predicted molar refractivity (Wildman–Crippen MR) is 82.5 cm³/mol. The van der Waals surface area contributed by atoms with Gasteiger partial charge >= 0.3 is 0 Å². The molecule has 116 valence electrons. The molecular weight excluding hydrogens is 306 g/mol. The molecule has 0 bridgehead atoms. The van der Waals surface area contributed by atoms with E-state index in [1.165, 1.54) is 18.3 Å². The fourth-order valence-corrected chi connectivity index (χ4v) is 2.52. The Balaban J connectivity index is 2.11. The quantitative estimate of drug-likeness (QED) is 0.670. The lowest BCUT2D eigenvalue weighted by molar-refractivity contribution is -0.385. The van der Waals surface area contributed by atoms with Crippen LogP contribution in [-0.4, -0.2) is 24.6 Å². The van der Waals surface area contributed by atoms with E-state index in [4.69, 9.17) is 0 Å². The second kappa shape index (κ2) is 6.10. The normalized spacial score (nSPS) is 12.6. The second-order valence-corrected chi connectivity index (χ2v) is 6.88. The largest absolute Gasteiger partial charge is 0.364 e. The van der Waals surface area contributed by atoms with Crippen LogP contribution in [0.3, 0.4) is 0 Å². The maximum absolute atomic E-state index is 11.4. The van der Waals surface area contributed by atoms with Crippen LogP contribution in [0.1, 0.15) is 18.5 Å². The van der Waals surface area contributed by atoms with Gasteiger partial charge in [0.25, 0.3) is 5.69 Å². The summed E-state index contributed by atoms with van der Waals surface area (Å²) in [6, 6.07) is 9.31. The molecule has 0 aliphatic carbocycles. The summed E-state index contributed by atoms with van der Waals surface area (Å²) in [7, 11) is -3.21. The molecule has 1 heterocycles. The van der Waals surface area contributed by atoms with Gasteiger partial charge in [0.2, 0.25) is 0 Å². The number of pyridine rings is 1. The van der Waals surface area contributed by atoms with Gasteiger partial charge in [0.15, 0.2) is 9.84 Å². The third-order valence-electron chi connectivity index (χ3n) is 3.13. The number of nitrogens with zero attached hydrogens (tertiary/aromatic N) is 2. The highest BCUT2D eigenvalue weighted by Gasteiger charge is 2.11. The van der Waals surface area contributed by atoms with Gasteiger partial charge in [0.1, 0.15) is 12.0 Å². The van der Waals surface area contributed by atoms with Gasteiger partial charge in [0.05, 0.1) is 9.82 Å². The molecule has 0 amide bonds. The molecule has 1 aromatic heterocycles. The minimum absolute atomic E-state index is 0.0734. The fraction of sp³-hybridized carbons (Fsp3) is 0.214. The van der Waals surface area contributed by atoms with Crippen LogP contribution in [0, 0.1) is 10.1 Å². The molecule has 2 rings (SSSR count). The monoisotopic (exact) mass is 321 g/mol. The lowest BCUT2D eigenvalue weighted by Crippen LogP contribution is -2.08. The van der Waals surface area contributed by atoms with Crippen LogP contribution in [0.4, 0.5) is 11.5 Å². The predicted octanol–water partition coefficient (Wildman–Crippen LogP) is 2.57. The lowest BCUT2D eigenvalue weighted by atomic mass is 10.1. The average Bonchev–Trinajstić information content (AvgIpc) is 2.47. The standard InChI is InChI=1S/C14H15N3O4S/c1-10(11-3-6-13(7-4-11)22(2,20)21)16-14-8-5-12(9-15-14)17(18)19/h3-10H,1-2H3,(H,15,16)/t10-/m0/s1. The molecule has 1 aromatic carbocycles. The molecular formula is C14H15N3O4S. The SMILES string of the molecule is C[C@H](Nc1ccc([N+](=O)[O-])cn1)c1ccc(S(C)(=O)=O)cc1. The van der Waals surface area contributed by atoms with Crippen molar-refractivity contribution in [3.8, 4) is 0 Å². The third kappa shape index (κ3) is 3.79. The summed E-state index contributed by atoms with van der Waals surface area (Å²) < 4.78 is 22.8. The second-order valence-electron chi connectivity index (χ2n) is 4.87. The van der Waals surface area contributed by atoms with Gasteiger partial charge < -0.3 is 5.32 Å². The van der Waals surface area contributed by atoms with Crippen LogP contribution in [0.5, 0.6) is 0 Å². The summed E-state index contributed by atoms with van der Waals surface area (Å²) in [5, 5.41) is 13.7. The van der Waals surface area contributed by atoms with Gasteiger partial charge in [-0.25, -0.2) is 13.4 Å². The minimum atomic E-state index is -3.21. The summed E-state index contributed by atoms with van der Waals surface area (Å²) in [4.78, 5) is 14.3. The van der Waals surface area contributed by atoms with Crippen molar-refractivity contribution < 1.29 is 13.3 Å². The number of anilines is 1. The van der Waals surface area contributed by atoms with Crippen molar-refractivity contribution in [1.29, 1.82) is 0 Å². The van der Waals surface area contributed by atoms with Gasteiger partial charge in [-0.2, -0.15) is 0 Å². The summed E-state index contributed by atoms with van der Waals surface area (Å²) >= 11 is 0. The molecule has 1 atom stereocenters. The first kappa shape index (κ1) is 15.9. The average molecular weight is 321 g/mol. The van der Waals surface area contributed by atoms with E-state index in [0.717, 1.165) is 11.8 Å². The van der Waals surface area contributed by atoms with Gasteiger partial charge in [0, 0.05) is 18.4 Å². The molecule has 0 aliphatic heterocycles. The van der Waals surface area contributed by atoms with Crippen molar-refractivity contribution in [2.75, 3.05) is 11.6 Å². The van der Waals surface area contributed by atoms with Gasteiger partial charge in [-0.1, -0.05) is 12.1 Å². The summed E-state index contributed by atoms with van der Waals surface area (Å²) in [6.45, 7) is 1.89. The van der Waals surface area contributed by atoms with Gasteiger partial charge in [-0.05, 0) is 30.7 Å². The first-order valence-corrected chi connectivity index (χ1v) is 8.33.